The third kappa shape index (κ3) is 6.09. The Kier molecular flexibility index (Phi) is 9.03. The first-order valence-electron chi connectivity index (χ1n) is 13.3. The molecule has 40 heavy (non-hydrogen) atoms. The van der Waals surface area contributed by atoms with E-state index in [0.29, 0.717) is 61.1 Å². The Morgan fingerprint density at radius 3 is 2.48 bits per heavy atom. The van der Waals surface area contributed by atoms with E-state index in [4.69, 9.17) is 11.6 Å². The molecule has 0 saturated carbocycles. The topological polar surface area (TPSA) is 113 Å². The van der Waals surface area contributed by atoms with E-state index in [1.807, 2.05) is 32.0 Å². The van der Waals surface area contributed by atoms with Crippen LogP contribution in [0.15, 0.2) is 66.0 Å². The lowest BCUT2D eigenvalue weighted by molar-refractivity contribution is 0.0772. The van der Waals surface area contributed by atoms with Gasteiger partial charge in [-0.25, -0.2) is 0 Å². The van der Waals surface area contributed by atoms with Crippen LogP contribution in [-0.2, 0) is 5.54 Å². The summed E-state index contributed by atoms with van der Waals surface area (Å²) in [7, 11) is 0. The summed E-state index contributed by atoms with van der Waals surface area (Å²) < 4.78 is 0. The van der Waals surface area contributed by atoms with Crippen molar-refractivity contribution in [3.8, 4) is 11.8 Å². The van der Waals surface area contributed by atoms with E-state index in [2.05, 4.69) is 26.0 Å². The zero-order valence-corrected chi connectivity index (χ0v) is 23.7. The number of phenolic OH excluding ortho intramolecular Hbond substituents is 1. The van der Waals surface area contributed by atoms with Gasteiger partial charge in [-0.05, 0) is 68.8 Å². The van der Waals surface area contributed by atoms with E-state index in [9.17, 15) is 20.1 Å². The Morgan fingerprint density at radius 2 is 1.90 bits per heavy atom. The van der Waals surface area contributed by atoms with Crippen molar-refractivity contribution in [3.63, 3.8) is 0 Å². The summed E-state index contributed by atoms with van der Waals surface area (Å²) in [5, 5.41) is 23.1. The molecular formula is C30H33ClN6O3. The molecule has 1 aliphatic rings. The van der Waals surface area contributed by atoms with Crippen LogP contribution >= 0.6 is 11.6 Å². The van der Waals surface area contributed by atoms with Gasteiger partial charge < -0.3 is 14.9 Å². The number of nitriles is 1. The van der Waals surface area contributed by atoms with Crippen LogP contribution in [0, 0.1) is 16.2 Å². The number of hydrogen-bond acceptors (Lipinski definition) is 8. The van der Waals surface area contributed by atoms with Gasteiger partial charge in [0.05, 0.1) is 39.6 Å². The Bertz CT molecular complexity index is 1390. The highest BCUT2D eigenvalue weighted by Gasteiger charge is 2.37. The summed E-state index contributed by atoms with van der Waals surface area (Å²) >= 11 is 6.60. The third-order valence-corrected chi connectivity index (χ3v) is 7.78. The number of nitroso groups, excluding NO2 is 1. The average molecular weight is 561 g/mol. The molecule has 1 amide bonds. The number of carbonyl (C=O) groups excluding carboxylic acids is 1. The minimum Gasteiger partial charge on any atom is -0.508 e. The van der Waals surface area contributed by atoms with Crippen LogP contribution < -0.4 is 4.90 Å². The second-order valence-corrected chi connectivity index (χ2v) is 10.5. The van der Waals surface area contributed by atoms with Gasteiger partial charge in [0.25, 0.3) is 5.91 Å². The molecule has 0 radical (unpaired) electrons. The molecule has 1 N–H and O–H groups in total. The van der Waals surface area contributed by atoms with Crippen molar-refractivity contribution in [1.29, 1.82) is 5.26 Å². The second-order valence-electron chi connectivity index (χ2n) is 10.1. The van der Waals surface area contributed by atoms with Crippen LogP contribution in [0.25, 0.3) is 0 Å². The molecular weight excluding hydrogens is 528 g/mol. The molecule has 0 unspecified atom stereocenters. The van der Waals surface area contributed by atoms with E-state index in [-0.39, 0.29) is 17.7 Å². The lowest BCUT2D eigenvalue weighted by Gasteiger charge is -2.44. The number of amides is 1. The summed E-state index contributed by atoms with van der Waals surface area (Å²) in [6, 6.07) is 17.7. The first kappa shape index (κ1) is 29.0. The van der Waals surface area contributed by atoms with Crippen molar-refractivity contribution in [1.82, 2.24) is 14.8 Å². The van der Waals surface area contributed by atoms with Crippen LogP contribution in [0.2, 0.25) is 5.02 Å². The molecule has 1 aromatic heterocycles. The first-order chi connectivity index (χ1) is 19.2. The normalized spacial score (nSPS) is 17.1. The Balaban J connectivity index is 1.59. The van der Waals surface area contributed by atoms with E-state index < -0.39 is 5.54 Å². The zero-order chi connectivity index (χ0) is 28.9. The molecule has 4 rings (SSSR count). The summed E-state index contributed by atoms with van der Waals surface area (Å²) in [6.07, 6.45) is 1.52. The number of pyridine rings is 1. The van der Waals surface area contributed by atoms with Crippen LogP contribution in [-0.4, -0.2) is 65.1 Å². The molecule has 9 nitrogen and oxygen atoms in total. The lowest BCUT2D eigenvalue weighted by Crippen LogP contribution is -2.51. The number of rotatable bonds is 9. The fourth-order valence-electron chi connectivity index (χ4n) is 5.19. The maximum Gasteiger partial charge on any atom is 0.255 e. The van der Waals surface area contributed by atoms with Crippen molar-refractivity contribution in [2.24, 2.45) is 5.18 Å². The van der Waals surface area contributed by atoms with Gasteiger partial charge in [0, 0.05) is 45.5 Å². The number of phenols is 1. The Morgan fingerprint density at radius 1 is 1.18 bits per heavy atom. The predicted molar refractivity (Wildman–Crippen MR) is 155 cm³/mol. The molecule has 10 heteroatoms. The van der Waals surface area contributed by atoms with Crippen molar-refractivity contribution in [2.45, 2.75) is 32.4 Å². The SMILES string of the molecule is CCN(CC)C(=O)c1ccc([C@@](C)(CN2CCN(c3ccc(C#N)cc3Cl)[C@H](c3ccc(O)cc3)C2)N=O)nc1. The number of nitrogens with zero attached hydrogens (tertiary/aromatic N) is 6. The monoisotopic (exact) mass is 560 g/mol. The molecule has 0 spiro atoms. The molecule has 0 aliphatic carbocycles. The number of anilines is 1. The average Bonchev–Trinajstić information content (AvgIpc) is 2.98. The fourth-order valence-corrected chi connectivity index (χ4v) is 5.48. The van der Waals surface area contributed by atoms with Gasteiger partial charge in [0.2, 0.25) is 0 Å². The highest BCUT2D eigenvalue weighted by atomic mass is 35.5. The highest BCUT2D eigenvalue weighted by molar-refractivity contribution is 6.33. The second kappa shape index (κ2) is 12.5. The van der Waals surface area contributed by atoms with Gasteiger partial charge in [0.1, 0.15) is 5.75 Å². The van der Waals surface area contributed by atoms with Crippen LogP contribution in [0.1, 0.15) is 54.0 Å². The molecule has 1 saturated heterocycles. The van der Waals surface area contributed by atoms with E-state index in [1.165, 1.54) is 6.20 Å². The molecule has 2 atom stereocenters. The minimum absolute atomic E-state index is 0.0980. The fraction of sp³-hybridized carbons (Fsp3) is 0.367. The third-order valence-electron chi connectivity index (χ3n) is 7.47. The lowest BCUT2D eigenvalue weighted by atomic mass is 9.94. The van der Waals surface area contributed by atoms with Crippen molar-refractivity contribution >= 4 is 23.2 Å². The molecule has 0 bridgehead atoms. The number of aromatic nitrogens is 1. The maximum absolute atomic E-state index is 12.7. The highest BCUT2D eigenvalue weighted by Crippen LogP contribution is 2.37. The van der Waals surface area contributed by atoms with Crippen molar-refractivity contribution in [3.05, 3.63) is 93.1 Å². The van der Waals surface area contributed by atoms with Gasteiger partial charge in [-0.15, -0.1) is 4.91 Å². The molecule has 2 heterocycles. The molecule has 2 aromatic carbocycles. The number of aromatic hydroxyl groups is 1. The van der Waals surface area contributed by atoms with Gasteiger partial charge >= 0.3 is 0 Å². The molecule has 1 fully saturated rings. The number of halogens is 1. The Hall–Kier alpha value is -4.00. The van der Waals surface area contributed by atoms with E-state index >= 15 is 0 Å². The minimum atomic E-state index is -1.13. The number of carbonyl (C=O) groups is 1. The summed E-state index contributed by atoms with van der Waals surface area (Å²) in [6.45, 7) is 8.95. The molecule has 1 aliphatic heterocycles. The number of piperazine rings is 1. The van der Waals surface area contributed by atoms with Gasteiger partial charge in [-0.2, -0.15) is 5.26 Å². The number of benzene rings is 2. The Labute approximate surface area is 239 Å². The van der Waals surface area contributed by atoms with E-state index in [0.717, 1.165) is 11.3 Å². The first-order valence-corrected chi connectivity index (χ1v) is 13.7. The van der Waals surface area contributed by atoms with Crippen molar-refractivity contribution in [2.75, 3.05) is 44.2 Å². The summed E-state index contributed by atoms with van der Waals surface area (Å²) in [5.74, 6) is 0.0743. The van der Waals surface area contributed by atoms with Gasteiger partial charge in [-0.3, -0.25) is 14.7 Å². The predicted octanol–water partition coefficient (Wildman–Crippen LogP) is 5.34. The van der Waals surface area contributed by atoms with Crippen LogP contribution in [0.3, 0.4) is 0 Å². The van der Waals surface area contributed by atoms with Gasteiger partial charge in [0.15, 0.2) is 5.54 Å². The maximum atomic E-state index is 12.7. The van der Waals surface area contributed by atoms with Crippen LogP contribution in [0.5, 0.6) is 5.75 Å². The zero-order valence-electron chi connectivity index (χ0n) is 22.9. The smallest absolute Gasteiger partial charge is 0.255 e. The molecule has 208 valence electrons. The van der Waals surface area contributed by atoms with Crippen LogP contribution in [0.4, 0.5) is 5.69 Å². The van der Waals surface area contributed by atoms with Gasteiger partial charge in [-0.1, -0.05) is 28.9 Å². The summed E-state index contributed by atoms with van der Waals surface area (Å²) in [4.78, 5) is 35.5. The molecule has 3 aromatic rings. The standard InChI is InChI=1S/C30H33ClN6O3/c1-4-36(5-2)29(39)23-9-13-28(33-18-23)30(3,34-40)20-35-14-15-37(26-12-6-21(17-32)16-25(26)31)27(19-35)22-7-10-24(38)11-8-22/h6-13,16,18,27,38H,4-5,14-15,19-20H2,1-3H3/t27-,30+/m0/s1. The summed E-state index contributed by atoms with van der Waals surface area (Å²) in [5.41, 5.74) is 2.10. The van der Waals surface area contributed by atoms with Crippen molar-refractivity contribution < 1.29 is 9.90 Å². The van der Waals surface area contributed by atoms with E-state index in [1.54, 1.807) is 48.2 Å². The number of hydrogen-bond donors (Lipinski definition) is 1. The quantitative estimate of drug-likeness (QED) is 0.351. The largest absolute Gasteiger partial charge is 0.508 e.